The Morgan fingerprint density at radius 3 is 2.45 bits per heavy atom. The summed E-state index contributed by atoms with van der Waals surface area (Å²) in [5, 5.41) is 0. The number of benzene rings is 2. The molecule has 0 saturated heterocycles. The number of nitrogens with zero attached hydrogens (tertiary/aromatic N) is 2. The fourth-order valence-corrected chi connectivity index (χ4v) is 2.12. The first kappa shape index (κ1) is 13.9. The molecule has 0 fully saturated rings. The van der Waals surface area contributed by atoms with Gasteiger partial charge in [0.1, 0.15) is 11.5 Å². The lowest BCUT2D eigenvalue weighted by atomic mass is 10.1. The van der Waals surface area contributed by atoms with E-state index in [-0.39, 0.29) is 5.95 Å². The van der Waals surface area contributed by atoms with Crippen molar-refractivity contribution in [3.05, 3.63) is 72.1 Å². The highest BCUT2D eigenvalue weighted by Crippen LogP contribution is 2.27. The number of rotatable bonds is 4. The molecule has 0 aliphatic heterocycles. The van der Waals surface area contributed by atoms with E-state index in [1.54, 1.807) is 6.20 Å². The largest absolute Gasteiger partial charge is 0.457 e. The maximum atomic E-state index is 5.94. The summed E-state index contributed by atoms with van der Waals surface area (Å²) in [5.74, 6) is 1.79. The lowest BCUT2D eigenvalue weighted by Crippen LogP contribution is -2.00. The van der Waals surface area contributed by atoms with E-state index in [0.717, 1.165) is 22.8 Å². The molecule has 1 aromatic heterocycles. The average molecular weight is 292 g/mol. The van der Waals surface area contributed by atoms with E-state index >= 15 is 0 Å². The molecular weight excluding hydrogens is 276 g/mol. The number of ether oxygens (including phenoxy) is 1. The molecule has 110 valence electrons. The molecule has 0 saturated carbocycles. The zero-order chi connectivity index (χ0) is 15.4. The Balaban J connectivity index is 1.85. The van der Waals surface area contributed by atoms with E-state index in [2.05, 4.69) is 9.97 Å². The van der Waals surface area contributed by atoms with Crippen LogP contribution in [0.5, 0.6) is 11.5 Å². The van der Waals surface area contributed by atoms with Crippen LogP contribution in [0.1, 0.15) is 11.3 Å². The van der Waals surface area contributed by atoms with Crippen molar-refractivity contribution in [1.82, 2.24) is 9.97 Å². The van der Waals surface area contributed by atoms with Crippen LogP contribution in [0.15, 0.2) is 60.8 Å². The lowest BCUT2D eigenvalue weighted by Gasteiger charge is -2.11. The molecule has 0 spiro atoms. The van der Waals surface area contributed by atoms with Crippen LogP contribution in [-0.2, 0) is 6.42 Å². The van der Waals surface area contributed by atoms with Gasteiger partial charge in [-0.05, 0) is 36.4 Å². The summed E-state index contributed by atoms with van der Waals surface area (Å²) in [4.78, 5) is 8.13. The number of hydrogen-bond donors (Lipinski definition) is 2. The van der Waals surface area contributed by atoms with Crippen molar-refractivity contribution in [3.63, 3.8) is 0 Å². The summed E-state index contributed by atoms with van der Waals surface area (Å²) in [7, 11) is 0. The van der Waals surface area contributed by atoms with Crippen molar-refractivity contribution in [2.75, 3.05) is 11.5 Å². The third-order valence-corrected chi connectivity index (χ3v) is 3.18. The Morgan fingerprint density at radius 1 is 0.909 bits per heavy atom. The molecule has 0 unspecified atom stereocenters. The Kier molecular flexibility index (Phi) is 3.87. The zero-order valence-electron chi connectivity index (χ0n) is 11.9. The van der Waals surface area contributed by atoms with Gasteiger partial charge in [-0.1, -0.05) is 18.2 Å². The quantitative estimate of drug-likeness (QED) is 0.722. The molecule has 5 heteroatoms. The van der Waals surface area contributed by atoms with Crippen LogP contribution in [0, 0.1) is 0 Å². The van der Waals surface area contributed by atoms with Gasteiger partial charge in [0, 0.05) is 23.9 Å². The molecule has 2 aromatic carbocycles. The maximum Gasteiger partial charge on any atom is 0.220 e. The van der Waals surface area contributed by atoms with Gasteiger partial charge in [-0.3, -0.25) is 0 Å². The van der Waals surface area contributed by atoms with Crippen molar-refractivity contribution in [2.24, 2.45) is 0 Å². The minimum atomic E-state index is 0.273. The van der Waals surface area contributed by atoms with Gasteiger partial charge in [0.15, 0.2) is 0 Å². The summed E-state index contributed by atoms with van der Waals surface area (Å²) in [6, 6.07) is 17.0. The first-order valence-corrected chi connectivity index (χ1v) is 6.89. The van der Waals surface area contributed by atoms with Gasteiger partial charge < -0.3 is 16.2 Å². The number of aromatic nitrogens is 2. The molecule has 0 amide bonds. The van der Waals surface area contributed by atoms with Crippen molar-refractivity contribution in [2.45, 2.75) is 6.42 Å². The summed E-state index contributed by atoms with van der Waals surface area (Å²) in [6.45, 7) is 0. The van der Waals surface area contributed by atoms with E-state index in [0.29, 0.717) is 12.1 Å². The fraction of sp³-hybridized carbons (Fsp3) is 0.0588. The highest BCUT2D eigenvalue weighted by atomic mass is 16.5. The second-order valence-electron chi connectivity index (χ2n) is 4.86. The Hall–Kier alpha value is -3.08. The summed E-state index contributed by atoms with van der Waals surface area (Å²) in [5.41, 5.74) is 13.9. The van der Waals surface area contributed by atoms with Gasteiger partial charge in [-0.25, -0.2) is 9.97 Å². The Bertz CT molecular complexity index is 772. The van der Waals surface area contributed by atoms with Crippen LogP contribution in [0.3, 0.4) is 0 Å². The van der Waals surface area contributed by atoms with Gasteiger partial charge in [0.2, 0.25) is 5.95 Å². The van der Waals surface area contributed by atoms with Crippen LogP contribution < -0.4 is 16.2 Å². The first-order valence-electron chi connectivity index (χ1n) is 6.89. The number of anilines is 2. The van der Waals surface area contributed by atoms with Crippen LogP contribution in [0.25, 0.3) is 0 Å². The molecule has 3 rings (SSSR count). The van der Waals surface area contributed by atoms with E-state index in [1.165, 1.54) is 0 Å². The first-order chi connectivity index (χ1) is 10.7. The molecule has 0 radical (unpaired) electrons. The van der Waals surface area contributed by atoms with E-state index in [1.807, 2.05) is 54.6 Å². The minimum Gasteiger partial charge on any atom is -0.457 e. The molecule has 0 aliphatic rings. The van der Waals surface area contributed by atoms with E-state index in [9.17, 15) is 0 Å². The molecule has 3 aromatic rings. The van der Waals surface area contributed by atoms with Crippen LogP contribution in [0.2, 0.25) is 0 Å². The summed E-state index contributed by atoms with van der Waals surface area (Å²) >= 11 is 0. The molecule has 0 aliphatic carbocycles. The summed E-state index contributed by atoms with van der Waals surface area (Å²) < 4.78 is 5.94. The predicted octanol–water partition coefficient (Wildman–Crippen LogP) is 3.02. The molecule has 0 atom stereocenters. The SMILES string of the molecule is Nc1ccc(Oc2ccccc2Cc2ccnc(N)n2)cc1. The molecule has 4 N–H and O–H groups in total. The van der Waals surface area contributed by atoms with Crippen LogP contribution >= 0.6 is 0 Å². The lowest BCUT2D eigenvalue weighted by molar-refractivity contribution is 0.477. The standard InChI is InChI=1S/C17H16N4O/c18-13-5-7-15(8-6-13)22-16-4-2-1-3-12(16)11-14-9-10-20-17(19)21-14/h1-10H,11,18H2,(H2,19,20,21). The molecule has 22 heavy (non-hydrogen) atoms. The van der Waals surface area contributed by atoms with Crippen molar-refractivity contribution >= 4 is 11.6 Å². The Labute approximate surface area is 128 Å². The Morgan fingerprint density at radius 2 is 1.68 bits per heavy atom. The molecule has 1 heterocycles. The smallest absolute Gasteiger partial charge is 0.220 e. The van der Waals surface area contributed by atoms with Crippen LogP contribution in [0.4, 0.5) is 11.6 Å². The van der Waals surface area contributed by atoms with Gasteiger partial charge in [-0.15, -0.1) is 0 Å². The van der Waals surface area contributed by atoms with E-state index in [4.69, 9.17) is 16.2 Å². The third kappa shape index (κ3) is 3.32. The van der Waals surface area contributed by atoms with E-state index < -0.39 is 0 Å². The van der Waals surface area contributed by atoms with Crippen molar-refractivity contribution < 1.29 is 4.74 Å². The number of para-hydroxylation sites is 1. The minimum absolute atomic E-state index is 0.273. The highest BCUT2D eigenvalue weighted by molar-refractivity contribution is 5.45. The van der Waals surface area contributed by atoms with Crippen molar-refractivity contribution in [1.29, 1.82) is 0 Å². The molecular formula is C17H16N4O. The number of hydrogen-bond acceptors (Lipinski definition) is 5. The average Bonchev–Trinajstić information content (AvgIpc) is 2.51. The normalized spacial score (nSPS) is 10.4. The second kappa shape index (κ2) is 6.13. The fourth-order valence-electron chi connectivity index (χ4n) is 2.12. The number of nitrogens with two attached hydrogens (primary N) is 2. The zero-order valence-corrected chi connectivity index (χ0v) is 11.9. The number of nitrogen functional groups attached to an aromatic ring is 2. The van der Waals surface area contributed by atoms with Crippen molar-refractivity contribution in [3.8, 4) is 11.5 Å². The van der Waals surface area contributed by atoms with Gasteiger partial charge in [0.25, 0.3) is 0 Å². The van der Waals surface area contributed by atoms with Gasteiger partial charge in [0.05, 0.1) is 5.69 Å². The van der Waals surface area contributed by atoms with Gasteiger partial charge in [-0.2, -0.15) is 0 Å². The third-order valence-electron chi connectivity index (χ3n) is 3.18. The maximum absolute atomic E-state index is 5.94. The highest BCUT2D eigenvalue weighted by Gasteiger charge is 2.07. The van der Waals surface area contributed by atoms with Gasteiger partial charge >= 0.3 is 0 Å². The molecule has 5 nitrogen and oxygen atoms in total. The second-order valence-corrected chi connectivity index (χ2v) is 4.86. The summed E-state index contributed by atoms with van der Waals surface area (Å²) in [6.07, 6.45) is 2.28. The predicted molar refractivity (Wildman–Crippen MR) is 86.6 cm³/mol. The van der Waals surface area contributed by atoms with Crippen LogP contribution in [-0.4, -0.2) is 9.97 Å². The monoisotopic (exact) mass is 292 g/mol. The topological polar surface area (TPSA) is 87.0 Å². The molecule has 0 bridgehead atoms.